The Hall–Kier alpha value is -1.77. The molecule has 3 rings (SSSR count). The number of hydrazine groups is 1. The van der Waals surface area contributed by atoms with Gasteiger partial charge in [-0.05, 0) is 25.0 Å². The molecule has 0 unspecified atom stereocenters. The molecule has 3 N–H and O–H groups in total. The summed E-state index contributed by atoms with van der Waals surface area (Å²) in [5.74, 6) is -1.19. The number of urea groups is 1. The number of amides is 4. The molecule has 27 heavy (non-hydrogen) atoms. The molecule has 4 amide bonds. The van der Waals surface area contributed by atoms with Crippen LogP contribution in [0.5, 0.6) is 0 Å². The number of rotatable bonds is 4. The first-order valence-electron chi connectivity index (χ1n) is 7.53. The van der Waals surface area contributed by atoms with Crippen molar-refractivity contribution >= 4 is 57.8 Å². The molecule has 2 bridgehead atoms. The van der Waals surface area contributed by atoms with Gasteiger partial charge in [-0.25, -0.2) is 4.79 Å². The van der Waals surface area contributed by atoms with E-state index in [-0.39, 0.29) is 54.5 Å². The maximum Gasteiger partial charge on any atom is 0.418 e. The maximum atomic E-state index is 12.3. The summed E-state index contributed by atoms with van der Waals surface area (Å²) in [6.07, 6.45) is 3.36. The standard InChI is InChI=1S/C13H15N5O7S.Na/c19-11(8-3-5-14-6-4-8)15-16-12(20)10-2-1-9-7-17(10)13(21)18(9)25-26(22,23)24;/h3-6,9-10H,1-2,7H2,(H,15,19)(H,16,20)(H,22,23,24);/t9-,10+;/m1./s1. The van der Waals surface area contributed by atoms with E-state index >= 15 is 0 Å². The van der Waals surface area contributed by atoms with Crippen molar-refractivity contribution < 1.29 is 31.6 Å². The molecule has 0 aliphatic carbocycles. The number of carbonyl (C=O) groups excluding carboxylic acids is 3. The molecule has 14 heteroatoms. The van der Waals surface area contributed by atoms with Crippen LogP contribution in [-0.2, 0) is 19.5 Å². The summed E-state index contributed by atoms with van der Waals surface area (Å²) in [6, 6.07) is 0.555. The van der Waals surface area contributed by atoms with Crippen LogP contribution in [-0.4, -0.2) is 93.9 Å². The minimum atomic E-state index is -4.85. The van der Waals surface area contributed by atoms with Crippen LogP contribution in [0.2, 0.25) is 0 Å². The third-order valence-electron chi connectivity index (χ3n) is 4.04. The second-order valence-corrected chi connectivity index (χ2v) is 6.69. The van der Waals surface area contributed by atoms with E-state index in [1.54, 1.807) is 0 Å². The third-order valence-corrected chi connectivity index (χ3v) is 4.39. The molecule has 2 fully saturated rings. The predicted molar refractivity (Wildman–Crippen MR) is 89.0 cm³/mol. The second-order valence-electron chi connectivity index (χ2n) is 5.69. The van der Waals surface area contributed by atoms with E-state index in [4.69, 9.17) is 4.55 Å². The molecular formula is C13H15N5NaO7S. The van der Waals surface area contributed by atoms with Crippen molar-refractivity contribution in [3.63, 3.8) is 0 Å². The van der Waals surface area contributed by atoms with Gasteiger partial charge >= 0.3 is 16.4 Å². The number of hydrogen-bond donors (Lipinski definition) is 3. The van der Waals surface area contributed by atoms with E-state index in [9.17, 15) is 22.8 Å². The van der Waals surface area contributed by atoms with Gasteiger partial charge in [-0.1, -0.05) is 0 Å². The number of carbonyl (C=O) groups is 3. The normalized spacial score (nSPS) is 21.4. The minimum Gasteiger partial charge on any atom is -0.309 e. The van der Waals surface area contributed by atoms with E-state index in [0.717, 1.165) is 4.90 Å². The average molecular weight is 408 g/mol. The van der Waals surface area contributed by atoms with Gasteiger partial charge in [0, 0.05) is 54.1 Å². The van der Waals surface area contributed by atoms with Gasteiger partial charge in [0.1, 0.15) is 6.04 Å². The Morgan fingerprint density at radius 3 is 2.52 bits per heavy atom. The first kappa shape index (κ1) is 21.5. The fraction of sp³-hybridized carbons (Fsp3) is 0.385. The van der Waals surface area contributed by atoms with Crippen LogP contribution < -0.4 is 10.9 Å². The Labute approximate surface area is 176 Å². The number of nitrogens with one attached hydrogen (secondary N) is 2. The van der Waals surface area contributed by atoms with Gasteiger partial charge < -0.3 is 4.90 Å². The van der Waals surface area contributed by atoms with Gasteiger partial charge in [0.25, 0.3) is 11.8 Å². The number of piperidine rings is 1. The van der Waals surface area contributed by atoms with E-state index in [0.29, 0.717) is 5.06 Å². The summed E-state index contributed by atoms with van der Waals surface area (Å²) in [6.45, 7) is 0.0603. The Balaban J connectivity index is 0.00000261. The molecule has 3 heterocycles. The molecule has 0 saturated carbocycles. The summed E-state index contributed by atoms with van der Waals surface area (Å²) in [5.41, 5.74) is 4.76. The molecular weight excluding hydrogens is 393 g/mol. The molecule has 2 saturated heterocycles. The number of hydroxylamine groups is 2. The summed E-state index contributed by atoms with van der Waals surface area (Å²) in [7, 11) is -4.85. The zero-order valence-corrected chi connectivity index (χ0v) is 17.0. The number of aromatic nitrogens is 1. The van der Waals surface area contributed by atoms with E-state index < -0.39 is 40.3 Å². The van der Waals surface area contributed by atoms with Crippen LogP contribution in [0.15, 0.2) is 24.5 Å². The zero-order chi connectivity index (χ0) is 18.9. The first-order chi connectivity index (χ1) is 12.3. The average Bonchev–Trinajstić information content (AvgIpc) is 2.84. The van der Waals surface area contributed by atoms with Gasteiger partial charge in [0.15, 0.2) is 0 Å². The third kappa shape index (κ3) is 4.94. The van der Waals surface area contributed by atoms with E-state index in [2.05, 4.69) is 20.1 Å². The number of fused-ring (bicyclic) bond motifs is 2. The van der Waals surface area contributed by atoms with Crippen LogP contribution >= 0.6 is 0 Å². The monoisotopic (exact) mass is 408 g/mol. The Morgan fingerprint density at radius 2 is 1.89 bits per heavy atom. The molecule has 2 aliphatic heterocycles. The molecule has 1 aromatic rings. The molecule has 2 aliphatic rings. The van der Waals surface area contributed by atoms with Crippen LogP contribution in [0, 0.1) is 0 Å². The smallest absolute Gasteiger partial charge is 0.309 e. The number of nitrogens with zero attached hydrogens (tertiary/aromatic N) is 3. The van der Waals surface area contributed by atoms with Gasteiger partial charge in [0.05, 0.1) is 6.04 Å². The summed E-state index contributed by atoms with van der Waals surface area (Å²) in [4.78, 5) is 41.3. The number of pyridine rings is 1. The number of hydrogen-bond acceptors (Lipinski definition) is 7. The Morgan fingerprint density at radius 1 is 1.22 bits per heavy atom. The van der Waals surface area contributed by atoms with Crippen molar-refractivity contribution in [1.29, 1.82) is 0 Å². The van der Waals surface area contributed by atoms with E-state index in [1.807, 2.05) is 0 Å². The van der Waals surface area contributed by atoms with Crippen LogP contribution in [0.4, 0.5) is 4.79 Å². The molecule has 2 atom stereocenters. The van der Waals surface area contributed by atoms with Crippen molar-refractivity contribution in [3.8, 4) is 0 Å². The van der Waals surface area contributed by atoms with Crippen molar-refractivity contribution in [2.75, 3.05) is 6.54 Å². The van der Waals surface area contributed by atoms with Crippen LogP contribution in [0.3, 0.4) is 0 Å². The Bertz CT molecular complexity index is 837. The van der Waals surface area contributed by atoms with E-state index in [1.165, 1.54) is 24.5 Å². The zero-order valence-electron chi connectivity index (χ0n) is 14.2. The van der Waals surface area contributed by atoms with Crippen molar-refractivity contribution in [3.05, 3.63) is 30.1 Å². The second kappa shape index (κ2) is 8.50. The molecule has 141 valence electrons. The van der Waals surface area contributed by atoms with Crippen LogP contribution in [0.1, 0.15) is 23.2 Å². The molecule has 12 nitrogen and oxygen atoms in total. The fourth-order valence-corrected chi connectivity index (χ4v) is 3.27. The van der Waals surface area contributed by atoms with Gasteiger partial charge in [-0.3, -0.25) is 30.0 Å². The largest absolute Gasteiger partial charge is 0.418 e. The summed E-state index contributed by atoms with van der Waals surface area (Å²) < 4.78 is 34.7. The quantitative estimate of drug-likeness (QED) is 0.307. The van der Waals surface area contributed by atoms with Crippen LogP contribution in [0.25, 0.3) is 0 Å². The minimum absolute atomic E-state index is 0. The predicted octanol–water partition coefficient (Wildman–Crippen LogP) is -1.54. The SMILES string of the molecule is O=C(NNC(=O)[C@@H]1CC[C@@H]2CN1C(=O)N2OS(=O)(=O)O)c1ccncc1.[Na]. The fourth-order valence-electron chi connectivity index (χ4n) is 2.88. The first-order valence-corrected chi connectivity index (χ1v) is 8.90. The topological polar surface area (TPSA) is 158 Å². The maximum absolute atomic E-state index is 12.3. The molecule has 1 aromatic heterocycles. The summed E-state index contributed by atoms with van der Waals surface area (Å²) in [5, 5.41) is 0.540. The van der Waals surface area contributed by atoms with Gasteiger partial charge in [-0.2, -0.15) is 13.5 Å². The van der Waals surface area contributed by atoms with Gasteiger partial charge in [-0.15, -0.1) is 4.28 Å². The molecule has 0 spiro atoms. The molecule has 0 aromatic carbocycles. The van der Waals surface area contributed by atoms with Gasteiger partial charge in [0.2, 0.25) is 0 Å². The van der Waals surface area contributed by atoms with Crippen molar-refractivity contribution in [1.82, 2.24) is 25.8 Å². The Kier molecular flexibility index (Phi) is 6.77. The van der Waals surface area contributed by atoms with Crippen molar-refractivity contribution in [2.45, 2.75) is 24.9 Å². The summed E-state index contributed by atoms with van der Waals surface area (Å²) >= 11 is 0. The molecule has 1 radical (unpaired) electrons. The van der Waals surface area contributed by atoms with Crippen molar-refractivity contribution in [2.24, 2.45) is 0 Å².